The third-order valence-corrected chi connectivity index (χ3v) is 15.4. The zero-order valence-corrected chi connectivity index (χ0v) is 26.8. The number of hydrogen-bond acceptors (Lipinski definition) is 2. The van der Waals surface area contributed by atoms with E-state index in [0.29, 0.717) is 59.7 Å². The molecule has 0 aromatic heterocycles. The maximum Gasteiger partial charge on any atom is 0.312 e. The van der Waals surface area contributed by atoms with E-state index in [4.69, 9.17) is 5.73 Å². The van der Waals surface area contributed by atoms with Gasteiger partial charge in [-0.25, -0.2) is 4.39 Å². The van der Waals surface area contributed by atoms with Crippen LogP contribution in [0.5, 0.6) is 0 Å². The molecule has 6 aliphatic rings. The summed E-state index contributed by atoms with van der Waals surface area (Å²) < 4.78 is 13.8. The fraction of sp³-hybridized carbons (Fsp3) is 0.811. The Hall–Kier alpha value is -1.42. The molecular formula is C37H56FNO2. The number of carboxylic acid groups (broad SMARTS) is 1. The van der Waals surface area contributed by atoms with Crippen LogP contribution in [0.1, 0.15) is 119 Å². The lowest BCUT2D eigenvalue weighted by Crippen LogP contribution is -2.67. The summed E-state index contributed by atoms with van der Waals surface area (Å²) in [4.78, 5) is 11.9. The van der Waals surface area contributed by atoms with Crippen LogP contribution < -0.4 is 5.73 Å². The first-order chi connectivity index (χ1) is 19.1. The standard InChI is InChI=1S/C37H56FNO2/c1-23(2)25-12-19-37(39)21-20-34(6)27(30(25)37)8-9-29-33(5)15-13-26(32(3,4)28(33)14-16-35(29,34)7)24-10-17-36(22-38,18-11-24)31(40)41/h10,13,25,27-30H,1,8-9,11-12,14-22,39H2,2-7H3,(H,40,41)/t25-,27+,28-,29?,30+,33-,34+,35+,36?,37-/m0/s1. The molecule has 3 N–H and O–H groups in total. The van der Waals surface area contributed by atoms with Gasteiger partial charge >= 0.3 is 5.97 Å². The lowest BCUT2D eigenvalue weighted by atomic mass is 9.33. The summed E-state index contributed by atoms with van der Waals surface area (Å²) in [6.07, 6.45) is 17.0. The van der Waals surface area contributed by atoms with Gasteiger partial charge in [0.25, 0.3) is 0 Å². The second kappa shape index (κ2) is 9.29. The third kappa shape index (κ3) is 3.80. The highest BCUT2D eigenvalue weighted by molar-refractivity contribution is 5.75. The van der Waals surface area contributed by atoms with E-state index in [1.54, 1.807) is 0 Å². The lowest BCUT2D eigenvalue weighted by Gasteiger charge is -2.72. The number of alkyl halides is 1. The lowest BCUT2D eigenvalue weighted by molar-refractivity contribution is -0.219. The van der Waals surface area contributed by atoms with Gasteiger partial charge in [0.05, 0.1) is 5.41 Å². The van der Waals surface area contributed by atoms with Gasteiger partial charge in [-0.1, -0.05) is 58.9 Å². The number of fused-ring (bicyclic) bond motifs is 7. The highest BCUT2D eigenvalue weighted by atomic mass is 19.1. The van der Waals surface area contributed by atoms with Crippen LogP contribution in [-0.4, -0.2) is 23.3 Å². The van der Waals surface area contributed by atoms with E-state index in [2.05, 4.69) is 60.3 Å². The van der Waals surface area contributed by atoms with Crippen molar-refractivity contribution in [2.24, 2.45) is 62.4 Å². The van der Waals surface area contributed by atoms with Crippen molar-refractivity contribution in [2.75, 3.05) is 6.67 Å². The van der Waals surface area contributed by atoms with E-state index in [1.807, 2.05) is 0 Å². The van der Waals surface area contributed by atoms with E-state index >= 15 is 0 Å². The van der Waals surface area contributed by atoms with E-state index in [9.17, 15) is 14.3 Å². The highest BCUT2D eigenvalue weighted by Crippen LogP contribution is 2.76. The average molecular weight is 566 g/mol. The van der Waals surface area contributed by atoms with Gasteiger partial charge < -0.3 is 10.8 Å². The average Bonchev–Trinajstić information content (AvgIpc) is 3.27. The van der Waals surface area contributed by atoms with Crippen molar-refractivity contribution in [1.82, 2.24) is 0 Å². The Morgan fingerprint density at radius 1 is 0.951 bits per heavy atom. The van der Waals surface area contributed by atoms with Gasteiger partial charge in [0.1, 0.15) is 6.67 Å². The summed E-state index contributed by atoms with van der Waals surface area (Å²) in [5, 5.41) is 9.72. The fourth-order valence-electron chi connectivity index (χ4n) is 12.9. The molecular weight excluding hydrogens is 509 g/mol. The van der Waals surface area contributed by atoms with Crippen LogP contribution in [0.25, 0.3) is 0 Å². The second-order valence-electron chi connectivity index (χ2n) is 17.1. The molecule has 0 aliphatic heterocycles. The molecule has 228 valence electrons. The van der Waals surface area contributed by atoms with Crippen LogP contribution in [0.3, 0.4) is 0 Å². The largest absolute Gasteiger partial charge is 0.481 e. The monoisotopic (exact) mass is 565 g/mol. The zero-order chi connectivity index (χ0) is 29.8. The summed E-state index contributed by atoms with van der Waals surface area (Å²) in [5.74, 6) is 2.14. The molecule has 6 aliphatic carbocycles. The SMILES string of the molecule is C=C(C)[C@@H]1CC[C@]2(N)CC[C@]3(C)[C@H](CCC4[C@@]5(C)CC=C(C6=CCC(CF)(C(=O)O)CC6)C(C)(C)[C@@H]5CC[C@]43C)[C@@H]12. The highest BCUT2D eigenvalue weighted by Gasteiger charge is 2.70. The van der Waals surface area contributed by atoms with E-state index in [1.165, 1.54) is 55.2 Å². The zero-order valence-electron chi connectivity index (χ0n) is 26.8. The van der Waals surface area contributed by atoms with Crippen LogP contribution in [0.2, 0.25) is 0 Å². The molecule has 0 aromatic rings. The van der Waals surface area contributed by atoms with Crippen molar-refractivity contribution in [1.29, 1.82) is 0 Å². The van der Waals surface area contributed by atoms with Gasteiger partial charge in [0, 0.05) is 5.54 Å². The summed E-state index contributed by atoms with van der Waals surface area (Å²) in [5.41, 5.74) is 10.9. The van der Waals surface area contributed by atoms with Crippen LogP contribution >= 0.6 is 0 Å². The maximum absolute atomic E-state index is 13.8. The first-order valence-electron chi connectivity index (χ1n) is 16.7. The van der Waals surface area contributed by atoms with Crippen molar-refractivity contribution in [3.8, 4) is 0 Å². The molecule has 4 fully saturated rings. The quantitative estimate of drug-likeness (QED) is 0.334. The molecule has 0 radical (unpaired) electrons. The van der Waals surface area contributed by atoms with Crippen LogP contribution in [-0.2, 0) is 4.79 Å². The summed E-state index contributed by atoms with van der Waals surface area (Å²) >= 11 is 0. The van der Waals surface area contributed by atoms with Gasteiger partial charge in [-0.15, -0.1) is 0 Å². The van der Waals surface area contributed by atoms with Crippen molar-refractivity contribution in [3.63, 3.8) is 0 Å². The number of allylic oxidation sites excluding steroid dienone is 5. The van der Waals surface area contributed by atoms with E-state index < -0.39 is 18.1 Å². The Kier molecular flexibility index (Phi) is 6.72. The number of nitrogens with two attached hydrogens (primary N) is 1. The van der Waals surface area contributed by atoms with Crippen LogP contribution in [0, 0.1) is 56.7 Å². The fourth-order valence-corrected chi connectivity index (χ4v) is 12.9. The summed E-state index contributed by atoms with van der Waals surface area (Å²) in [6, 6.07) is 0. The van der Waals surface area contributed by atoms with Gasteiger partial charge in [0.2, 0.25) is 0 Å². The predicted molar refractivity (Wildman–Crippen MR) is 165 cm³/mol. The van der Waals surface area contributed by atoms with Crippen LogP contribution in [0.15, 0.2) is 35.5 Å². The van der Waals surface area contributed by atoms with Crippen molar-refractivity contribution >= 4 is 5.97 Å². The molecule has 0 aromatic carbocycles. The predicted octanol–water partition coefficient (Wildman–Crippen LogP) is 9.04. The van der Waals surface area contributed by atoms with E-state index in [0.717, 1.165) is 19.3 Å². The molecule has 0 saturated heterocycles. The molecule has 0 spiro atoms. The molecule has 0 bridgehead atoms. The second-order valence-corrected chi connectivity index (χ2v) is 17.1. The first-order valence-corrected chi connectivity index (χ1v) is 16.7. The van der Waals surface area contributed by atoms with Crippen molar-refractivity contribution in [3.05, 3.63) is 35.5 Å². The Morgan fingerprint density at radius 2 is 1.68 bits per heavy atom. The summed E-state index contributed by atoms with van der Waals surface area (Å²) in [6.45, 7) is 18.8. The topological polar surface area (TPSA) is 63.3 Å². The first kappa shape index (κ1) is 29.6. The minimum absolute atomic E-state index is 0.00331. The maximum atomic E-state index is 13.8. The molecule has 0 amide bonds. The van der Waals surface area contributed by atoms with Crippen molar-refractivity contribution in [2.45, 2.75) is 124 Å². The number of carbonyl (C=O) groups is 1. The number of hydrogen-bond donors (Lipinski definition) is 2. The minimum Gasteiger partial charge on any atom is -0.481 e. The van der Waals surface area contributed by atoms with Crippen LogP contribution in [0.4, 0.5) is 4.39 Å². The number of carboxylic acids is 1. The van der Waals surface area contributed by atoms with Crippen molar-refractivity contribution < 1.29 is 14.3 Å². The Labute approximate surface area is 248 Å². The molecule has 6 rings (SSSR count). The molecule has 4 saturated carbocycles. The van der Waals surface area contributed by atoms with Gasteiger partial charge in [0.15, 0.2) is 0 Å². The number of aliphatic carboxylic acids is 1. The molecule has 4 heteroatoms. The molecule has 10 atom stereocenters. The smallest absolute Gasteiger partial charge is 0.312 e. The number of halogens is 1. The molecule has 3 nitrogen and oxygen atoms in total. The normalized spacial score (nSPS) is 50.4. The van der Waals surface area contributed by atoms with E-state index in [-0.39, 0.29) is 16.4 Å². The molecule has 2 unspecified atom stereocenters. The van der Waals surface area contributed by atoms with Gasteiger partial charge in [-0.2, -0.15) is 0 Å². The van der Waals surface area contributed by atoms with Gasteiger partial charge in [-0.3, -0.25) is 4.79 Å². The minimum atomic E-state index is -1.23. The Balaban J connectivity index is 1.32. The van der Waals surface area contributed by atoms with Gasteiger partial charge in [-0.05, 0) is 146 Å². The number of rotatable bonds is 4. The molecule has 41 heavy (non-hydrogen) atoms. The Bertz CT molecular complexity index is 1200. The Morgan fingerprint density at radius 3 is 2.29 bits per heavy atom. The summed E-state index contributed by atoms with van der Waals surface area (Å²) in [7, 11) is 0. The molecule has 0 heterocycles. The third-order valence-electron chi connectivity index (χ3n) is 15.4.